The fraction of sp³-hybridized carbons (Fsp3) is 0.433. The van der Waals surface area contributed by atoms with Crippen molar-refractivity contribution in [2.75, 3.05) is 6.61 Å². The van der Waals surface area contributed by atoms with Gasteiger partial charge in [-0.1, -0.05) is 66.7 Å². The molecular formula is C30H39NO9S. The molecule has 0 saturated carbocycles. The monoisotopic (exact) mass is 589 g/mol. The van der Waals surface area contributed by atoms with Gasteiger partial charge in [-0.25, -0.2) is 14.4 Å². The van der Waals surface area contributed by atoms with Crippen molar-refractivity contribution < 1.29 is 41.2 Å². The lowest BCUT2D eigenvalue weighted by molar-refractivity contribution is -0.163. The first-order valence-electron chi connectivity index (χ1n) is 13.2. The number of amides is 2. The maximum absolute atomic E-state index is 13.7. The predicted molar refractivity (Wildman–Crippen MR) is 153 cm³/mol. The largest absolute Gasteiger partial charge is 0.453 e. The molecule has 0 radical (unpaired) electrons. The van der Waals surface area contributed by atoms with Crippen LogP contribution >= 0.6 is 0 Å². The van der Waals surface area contributed by atoms with Crippen molar-refractivity contribution in [3.8, 4) is 0 Å². The van der Waals surface area contributed by atoms with Gasteiger partial charge in [-0.05, 0) is 65.5 Å². The maximum atomic E-state index is 13.7. The minimum atomic E-state index is -3.92. The number of imide groups is 1. The summed E-state index contributed by atoms with van der Waals surface area (Å²) < 4.78 is 45.2. The van der Waals surface area contributed by atoms with Gasteiger partial charge in [-0.2, -0.15) is 13.3 Å². The highest BCUT2D eigenvalue weighted by Gasteiger charge is 2.41. The summed E-state index contributed by atoms with van der Waals surface area (Å²) in [5, 5.41) is 0.859. The Labute approximate surface area is 242 Å². The lowest BCUT2D eigenvalue weighted by Crippen LogP contribution is -2.52. The second-order valence-corrected chi connectivity index (χ2v) is 12.0. The van der Waals surface area contributed by atoms with Crippen LogP contribution in [0.3, 0.4) is 0 Å². The molecular weight excluding hydrogens is 550 g/mol. The zero-order chi connectivity index (χ0) is 30.7. The molecule has 2 aromatic carbocycles. The Hall–Kier alpha value is -3.70. The third-order valence-corrected chi connectivity index (χ3v) is 6.64. The fourth-order valence-corrected chi connectivity index (χ4v) is 4.42. The standard InChI is InChI=1S/C30H39NO9S/c1-7-38-41(35,36)21-15-14-20-25(26(32)39-30(5,6)24-18-12-9-13-19-24)31(28(34)40-29(2,3)4)27(33)37-22-23-16-10-8-11-17-23/h8-13,15-19,21,25H,7,14,20,22H2,1-6H3/b21-15+/t25-/m0/s1. The molecule has 0 aliphatic carbocycles. The molecule has 0 bridgehead atoms. The van der Waals surface area contributed by atoms with E-state index in [-0.39, 0.29) is 26.1 Å². The van der Waals surface area contributed by atoms with E-state index in [0.29, 0.717) is 16.0 Å². The number of benzene rings is 2. The quantitative estimate of drug-likeness (QED) is 0.165. The molecule has 10 nitrogen and oxygen atoms in total. The third-order valence-electron chi connectivity index (χ3n) is 5.55. The van der Waals surface area contributed by atoms with Crippen LogP contribution < -0.4 is 0 Å². The Morgan fingerprint density at radius 1 is 0.878 bits per heavy atom. The van der Waals surface area contributed by atoms with E-state index in [2.05, 4.69) is 4.18 Å². The van der Waals surface area contributed by atoms with Crippen molar-refractivity contribution in [2.45, 2.75) is 78.2 Å². The van der Waals surface area contributed by atoms with Gasteiger partial charge in [0.05, 0.1) is 12.0 Å². The average molecular weight is 590 g/mol. The molecule has 41 heavy (non-hydrogen) atoms. The SMILES string of the molecule is CCOS(=O)(=O)/C=C/CC[C@@H](C(=O)OC(C)(C)c1ccccc1)N(C(=O)OCc1ccccc1)C(=O)OC(C)(C)C. The summed E-state index contributed by atoms with van der Waals surface area (Å²) in [5.74, 6) is -0.901. The van der Waals surface area contributed by atoms with E-state index in [1.807, 2.05) is 6.07 Å². The summed E-state index contributed by atoms with van der Waals surface area (Å²) in [7, 11) is -3.92. The highest BCUT2D eigenvalue weighted by atomic mass is 32.2. The molecule has 0 unspecified atom stereocenters. The Morgan fingerprint density at radius 3 is 2.02 bits per heavy atom. The highest BCUT2D eigenvalue weighted by Crippen LogP contribution is 2.27. The van der Waals surface area contributed by atoms with Gasteiger partial charge < -0.3 is 14.2 Å². The number of ether oxygens (including phenoxy) is 3. The van der Waals surface area contributed by atoms with Crippen molar-refractivity contribution in [2.24, 2.45) is 0 Å². The number of carbonyl (C=O) groups excluding carboxylic acids is 3. The van der Waals surface area contributed by atoms with Gasteiger partial charge in [0.2, 0.25) is 0 Å². The summed E-state index contributed by atoms with van der Waals surface area (Å²) in [5.41, 5.74) is -0.778. The van der Waals surface area contributed by atoms with Crippen molar-refractivity contribution in [3.63, 3.8) is 0 Å². The van der Waals surface area contributed by atoms with E-state index in [1.165, 1.54) is 13.0 Å². The first kappa shape index (κ1) is 33.5. The minimum absolute atomic E-state index is 0.0247. The Balaban J connectivity index is 2.43. The van der Waals surface area contributed by atoms with Gasteiger partial charge in [0, 0.05) is 0 Å². The van der Waals surface area contributed by atoms with Gasteiger partial charge in [0.15, 0.2) is 0 Å². The molecule has 0 fully saturated rings. The minimum Gasteiger partial charge on any atom is -0.453 e. The Bertz CT molecular complexity index is 1280. The normalized spacial score (nSPS) is 12.9. The van der Waals surface area contributed by atoms with E-state index in [4.69, 9.17) is 14.2 Å². The molecule has 11 heteroatoms. The number of hydrogen-bond acceptors (Lipinski definition) is 9. The van der Waals surface area contributed by atoms with E-state index < -0.39 is 45.5 Å². The fourth-order valence-electron chi connectivity index (χ4n) is 3.64. The molecule has 0 aliphatic heterocycles. The lowest BCUT2D eigenvalue weighted by Gasteiger charge is -2.33. The first-order valence-corrected chi connectivity index (χ1v) is 14.7. The lowest BCUT2D eigenvalue weighted by atomic mass is 9.98. The van der Waals surface area contributed by atoms with Crippen LogP contribution in [0.5, 0.6) is 0 Å². The van der Waals surface area contributed by atoms with Crippen molar-refractivity contribution in [1.29, 1.82) is 0 Å². The van der Waals surface area contributed by atoms with Crippen LogP contribution in [0.15, 0.2) is 72.1 Å². The van der Waals surface area contributed by atoms with Gasteiger partial charge in [-0.3, -0.25) is 4.18 Å². The van der Waals surface area contributed by atoms with E-state index >= 15 is 0 Å². The number of hydrogen-bond donors (Lipinski definition) is 0. The molecule has 0 spiro atoms. The molecule has 1 atom stereocenters. The molecule has 0 saturated heterocycles. The smallest absolute Gasteiger partial charge is 0.420 e. The number of allylic oxidation sites excluding steroid dienone is 1. The zero-order valence-electron chi connectivity index (χ0n) is 24.4. The van der Waals surface area contributed by atoms with E-state index in [1.54, 1.807) is 89.2 Å². The molecule has 0 aliphatic rings. The summed E-state index contributed by atoms with van der Waals surface area (Å²) in [6.45, 7) is 9.53. The molecule has 0 N–H and O–H groups in total. The second-order valence-electron chi connectivity index (χ2n) is 10.6. The van der Waals surface area contributed by atoms with Crippen LogP contribution in [0.1, 0.15) is 65.5 Å². The molecule has 2 rings (SSSR count). The summed E-state index contributed by atoms with van der Waals surface area (Å²) in [4.78, 5) is 41.0. The van der Waals surface area contributed by atoms with Crippen molar-refractivity contribution >= 4 is 28.3 Å². The molecule has 224 valence electrons. The van der Waals surface area contributed by atoms with Crippen LogP contribution in [-0.4, -0.2) is 49.7 Å². The van der Waals surface area contributed by atoms with Crippen LogP contribution in [0.25, 0.3) is 0 Å². The first-order chi connectivity index (χ1) is 19.1. The molecule has 0 aromatic heterocycles. The van der Waals surface area contributed by atoms with Crippen LogP contribution in [0.2, 0.25) is 0 Å². The van der Waals surface area contributed by atoms with Gasteiger partial charge in [0.25, 0.3) is 10.1 Å². The molecule has 0 heterocycles. The topological polar surface area (TPSA) is 126 Å². The molecule has 2 amide bonds. The van der Waals surface area contributed by atoms with Gasteiger partial charge in [0.1, 0.15) is 23.9 Å². The van der Waals surface area contributed by atoms with E-state index in [0.717, 1.165) is 5.41 Å². The second kappa shape index (κ2) is 14.8. The predicted octanol–water partition coefficient (Wildman–Crippen LogP) is 6.07. The van der Waals surface area contributed by atoms with Crippen LogP contribution in [-0.2, 0) is 45.5 Å². The maximum Gasteiger partial charge on any atom is 0.420 e. The van der Waals surface area contributed by atoms with Crippen molar-refractivity contribution in [1.82, 2.24) is 4.90 Å². The summed E-state index contributed by atoms with van der Waals surface area (Å²) >= 11 is 0. The van der Waals surface area contributed by atoms with Gasteiger partial charge >= 0.3 is 18.2 Å². The number of nitrogens with zero attached hydrogens (tertiary/aromatic N) is 1. The molecule has 2 aromatic rings. The summed E-state index contributed by atoms with van der Waals surface area (Å²) in [6.07, 6.45) is -1.16. The average Bonchev–Trinajstić information content (AvgIpc) is 2.88. The number of carbonyl (C=O) groups is 3. The van der Waals surface area contributed by atoms with Crippen LogP contribution in [0, 0.1) is 0 Å². The Morgan fingerprint density at radius 2 is 1.46 bits per heavy atom. The van der Waals surface area contributed by atoms with E-state index in [9.17, 15) is 22.8 Å². The van der Waals surface area contributed by atoms with Crippen molar-refractivity contribution in [3.05, 3.63) is 83.3 Å². The zero-order valence-corrected chi connectivity index (χ0v) is 25.2. The van der Waals surface area contributed by atoms with Crippen LogP contribution in [0.4, 0.5) is 9.59 Å². The Kier molecular flexibility index (Phi) is 12.1. The number of esters is 1. The number of rotatable bonds is 12. The third kappa shape index (κ3) is 11.4. The highest BCUT2D eigenvalue weighted by molar-refractivity contribution is 7.89. The summed E-state index contributed by atoms with van der Waals surface area (Å²) in [6, 6.07) is 16.3. The van der Waals surface area contributed by atoms with Gasteiger partial charge in [-0.15, -0.1) is 0 Å².